The van der Waals surface area contributed by atoms with Gasteiger partial charge in [0.2, 0.25) is 0 Å². The van der Waals surface area contributed by atoms with Crippen LogP contribution in [0.4, 0.5) is 5.69 Å². The van der Waals surface area contributed by atoms with Gasteiger partial charge >= 0.3 is 5.97 Å². The van der Waals surface area contributed by atoms with Gasteiger partial charge in [0.25, 0.3) is 0 Å². The predicted molar refractivity (Wildman–Crippen MR) is 62.2 cm³/mol. The third-order valence-electron chi connectivity index (χ3n) is 2.14. The minimum Gasteiger partial charge on any atom is -0.482 e. The fourth-order valence-electron chi connectivity index (χ4n) is 1.05. The van der Waals surface area contributed by atoms with Crippen LogP contribution in [-0.2, 0) is 9.53 Å². The van der Waals surface area contributed by atoms with Crippen molar-refractivity contribution in [2.75, 3.05) is 12.3 Å². The van der Waals surface area contributed by atoms with Crippen molar-refractivity contribution in [3.63, 3.8) is 0 Å². The largest absolute Gasteiger partial charge is 0.482 e. The third kappa shape index (κ3) is 4.21. The molecule has 0 aliphatic heterocycles. The molecule has 0 saturated heterocycles. The Hall–Kier alpha value is -1.71. The van der Waals surface area contributed by atoms with Gasteiger partial charge in [0.15, 0.2) is 6.61 Å². The molecule has 1 unspecified atom stereocenters. The zero-order valence-electron chi connectivity index (χ0n) is 9.60. The molecule has 0 heterocycles. The molecule has 0 saturated carbocycles. The van der Waals surface area contributed by atoms with E-state index in [4.69, 9.17) is 15.2 Å². The van der Waals surface area contributed by atoms with Gasteiger partial charge in [-0.3, -0.25) is 0 Å². The first-order valence-electron chi connectivity index (χ1n) is 5.29. The standard InChI is InChI=1S/C12H17NO3/c1-3-9(2)16-12(14)8-15-11-6-4-10(13)5-7-11/h4-7,9H,3,8,13H2,1-2H3. The van der Waals surface area contributed by atoms with Gasteiger partial charge in [0, 0.05) is 5.69 Å². The molecule has 16 heavy (non-hydrogen) atoms. The number of carbonyl (C=O) groups excluding carboxylic acids is 1. The number of rotatable bonds is 5. The Morgan fingerprint density at radius 2 is 2.00 bits per heavy atom. The van der Waals surface area contributed by atoms with Crippen molar-refractivity contribution in [3.8, 4) is 5.75 Å². The monoisotopic (exact) mass is 223 g/mol. The smallest absolute Gasteiger partial charge is 0.344 e. The molecule has 1 aromatic rings. The molecule has 0 aromatic heterocycles. The summed E-state index contributed by atoms with van der Waals surface area (Å²) in [5.41, 5.74) is 6.18. The molecule has 88 valence electrons. The van der Waals surface area contributed by atoms with Gasteiger partial charge in [0.05, 0.1) is 6.10 Å². The summed E-state index contributed by atoms with van der Waals surface area (Å²) in [6.07, 6.45) is 0.732. The van der Waals surface area contributed by atoms with Gasteiger partial charge in [-0.1, -0.05) is 6.92 Å². The van der Waals surface area contributed by atoms with E-state index in [0.717, 1.165) is 6.42 Å². The summed E-state index contributed by atoms with van der Waals surface area (Å²) in [6, 6.07) is 6.86. The lowest BCUT2D eigenvalue weighted by Gasteiger charge is -2.11. The first kappa shape index (κ1) is 12.4. The van der Waals surface area contributed by atoms with E-state index in [1.165, 1.54) is 0 Å². The van der Waals surface area contributed by atoms with Crippen LogP contribution in [-0.4, -0.2) is 18.7 Å². The molecule has 0 fully saturated rings. The van der Waals surface area contributed by atoms with Crippen LogP contribution in [0.5, 0.6) is 5.75 Å². The maximum atomic E-state index is 11.3. The average Bonchev–Trinajstić information content (AvgIpc) is 2.28. The summed E-state index contributed by atoms with van der Waals surface area (Å²) >= 11 is 0. The zero-order valence-corrected chi connectivity index (χ0v) is 9.60. The minimum atomic E-state index is -0.355. The lowest BCUT2D eigenvalue weighted by molar-refractivity contribution is -0.150. The Morgan fingerprint density at radius 3 is 2.56 bits per heavy atom. The van der Waals surface area contributed by atoms with E-state index in [-0.39, 0.29) is 18.7 Å². The Kier molecular flexibility index (Phi) is 4.64. The van der Waals surface area contributed by atoms with Crippen molar-refractivity contribution in [2.45, 2.75) is 26.4 Å². The summed E-state index contributed by atoms with van der Waals surface area (Å²) in [7, 11) is 0. The molecule has 0 aliphatic carbocycles. The molecular formula is C12H17NO3. The number of benzene rings is 1. The van der Waals surface area contributed by atoms with Crippen LogP contribution in [0, 0.1) is 0 Å². The second-order valence-corrected chi connectivity index (χ2v) is 3.57. The maximum absolute atomic E-state index is 11.3. The summed E-state index contributed by atoms with van der Waals surface area (Å²) in [4.78, 5) is 11.3. The number of ether oxygens (including phenoxy) is 2. The van der Waals surface area contributed by atoms with Crippen molar-refractivity contribution in [2.24, 2.45) is 0 Å². The highest BCUT2D eigenvalue weighted by molar-refractivity contribution is 5.71. The molecular weight excluding hydrogens is 206 g/mol. The van der Waals surface area contributed by atoms with E-state index in [9.17, 15) is 4.79 Å². The minimum absolute atomic E-state index is 0.0671. The first-order chi connectivity index (χ1) is 7.61. The first-order valence-corrected chi connectivity index (χ1v) is 5.29. The molecule has 0 amide bonds. The second kappa shape index (κ2) is 6.00. The van der Waals surface area contributed by atoms with Crippen LogP contribution in [0.1, 0.15) is 20.3 Å². The molecule has 1 rings (SSSR count). The molecule has 4 heteroatoms. The van der Waals surface area contributed by atoms with Crippen LogP contribution >= 0.6 is 0 Å². The van der Waals surface area contributed by atoms with Crippen LogP contribution < -0.4 is 10.5 Å². The molecule has 0 radical (unpaired) electrons. The van der Waals surface area contributed by atoms with Crippen molar-refractivity contribution >= 4 is 11.7 Å². The Labute approximate surface area is 95.3 Å². The number of hydrogen-bond donors (Lipinski definition) is 1. The molecule has 0 bridgehead atoms. The van der Waals surface area contributed by atoms with Crippen molar-refractivity contribution in [3.05, 3.63) is 24.3 Å². The van der Waals surface area contributed by atoms with E-state index < -0.39 is 0 Å². The summed E-state index contributed by atoms with van der Waals surface area (Å²) in [6.45, 7) is 3.73. The third-order valence-corrected chi connectivity index (χ3v) is 2.14. The van der Waals surface area contributed by atoms with E-state index in [1.54, 1.807) is 24.3 Å². The van der Waals surface area contributed by atoms with Gasteiger partial charge in [0.1, 0.15) is 5.75 Å². The quantitative estimate of drug-likeness (QED) is 0.612. The van der Waals surface area contributed by atoms with Crippen molar-refractivity contribution in [1.29, 1.82) is 0 Å². The van der Waals surface area contributed by atoms with Crippen LogP contribution in [0.2, 0.25) is 0 Å². The van der Waals surface area contributed by atoms with E-state index >= 15 is 0 Å². The number of carbonyl (C=O) groups is 1. The lowest BCUT2D eigenvalue weighted by Crippen LogP contribution is -2.20. The number of hydrogen-bond acceptors (Lipinski definition) is 4. The topological polar surface area (TPSA) is 61.5 Å². The molecule has 1 aromatic carbocycles. The second-order valence-electron chi connectivity index (χ2n) is 3.57. The van der Waals surface area contributed by atoms with E-state index in [0.29, 0.717) is 11.4 Å². The molecule has 2 N–H and O–H groups in total. The SMILES string of the molecule is CCC(C)OC(=O)COc1ccc(N)cc1. The number of nitrogens with two attached hydrogens (primary N) is 1. The normalized spacial score (nSPS) is 11.9. The molecule has 0 aliphatic rings. The molecule has 4 nitrogen and oxygen atoms in total. The highest BCUT2D eigenvalue weighted by atomic mass is 16.6. The Balaban J connectivity index is 2.34. The van der Waals surface area contributed by atoms with Gasteiger partial charge in [-0.05, 0) is 37.6 Å². The number of nitrogen functional groups attached to an aromatic ring is 1. The summed E-state index contributed by atoms with van der Waals surface area (Å²) < 4.78 is 10.3. The van der Waals surface area contributed by atoms with Gasteiger partial charge in [-0.2, -0.15) is 0 Å². The zero-order chi connectivity index (χ0) is 12.0. The van der Waals surface area contributed by atoms with Gasteiger partial charge < -0.3 is 15.2 Å². The van der Waals surface area contributed by atoms with Crippen molar-refractivity contribution in [1.82, 2.24) is 0 Å². The fraction of sp³-hybridized carbons (Fsp3) is 0.417. The summed E-state index contributed by atoms with van der Waals surface area (Å²) in [5.74, 6) is 0.251. The van der Waals surface area contributed by atoms with Crippen LogP contribution in [0.25, 0.3) is 0 Å². The Morgan fingerprint density at radius 1 is 1.38 bits per heavy atom. The van der Waals surface area contributed by atoms with Gasteiger partial charge in [-0.15, -0.1) is 0 Å². The molecule has 1 atom stereocenters. The predicted octanol–water partition coefficient (Wildman–Crippen LogP) is 1.99. The number of anilines is 1. The number of esters is 1. The van der Waals surface area contributed by atoms with Crippen LogP contribution in [0.15, 0.2) is 24.3 Å². The lowest BCUT2D eigenvalue weighted by atomic mass is 10.3. The van der Waals surface area contributed by atoms with Gasteiger partial charge in [-0.25, -0.2) is 4.79 Å². The maximum Gasteiger partial charge on any atom is 0.344 e. The Bertz CT molecular complexity index is 335. The highest BCUT2D eigenvalue weighted by Crippen LogP contribution is 2.13. The fourth-order valence-corrected chi connectivity index (χ4v) is 1.05. The van der Waals surface area contributed by atoms with E-state index in [1.807, 2.05) is 13.8 Å². The summed E-state index contributed by atoms with van der Waals surface area (Å²) in [5, 5.41) is 0. The average molecular weight is 223 g/mol. The van der Waals surface area contributed by atoms with E-state index in [2.05, 4.69) is 0 Å². The van der Waals surface area contributed by atoms with Crippen molar-refractivity contribution < 1.29 is 14.3 Å². The highest BCUT2D eigenvalue weighted by Gasteiger charge is 2.08. The van der Waals surface area contributed by atoms with Crippen LogP contribution in [0.3, 0.4) is 0 Å². The molecule has 0 spiro atoms.